The maximum atomic E-state index is 13.3. The SMILES string of the molecule is Nc1c(O)cccc1OCc1ccccc1F. The first-order valence-electron chi connectivity index (χ1n) is 5.12. The third-order valence-electron chi connectivity index (χ3n) is 2.38. The summed E-state index contributed by atoms with van der Waals surface area (Å²) >= 11 is 0. The van der Waals surface area contributed by atoms with Crippen LogP contribution in [0.4, 0.5) is 10.1 Å². The van der Waals surface area contributed by atoms with E-state index in [-0.39, 0.29) is 23.9 Å². The fourth-order valence-electron chi connectivity index (χ4n) is 1.43. The number of nitrogen functional groups attached to an aromatic ring is 1. The number of para-hydroxylation sites is 1. The number of benzene rings is 2. The number of phenolic OH excluding ortho intramolecular Hbond substituents is 1. The lowest BCUT2D eigenvalue weighted by atomic mass is 10.2. The predicted molar refractivity (Wildman–Crippen MR) is 63.3 cm³/mol. The van der Waals surface area contributed by atoms with E-state index in [4.69, 9.17) is 10.5 Å². The highest BCUT2D eigenvalue weighted by molar-refractivity contribution is 5.61. The minimum absolute atomic E-state index is 0.0453. The summed E-state index contributed by atoms with van der Waals surface area (Å²) in [7, 11) is 0. The average molecular weight is 233 g/mol. The molecule has 0 saturated carbocycles. The lowest BCUT2D eigenvalue weighted by Crippen LogP contribution is -2.00. The quantitative estimate of drug-likeness (QED) is 0.633. The van der Waals surface area contributed by atoms with Crippen LogP contribution in [0.15, 0.2) is 42.5 Å². The van der Waals surface area contributed by atoms with Crippen LogP contribution < -0.4 is 10.5 Å². The third-order valence-corrected chi connectivity index (χ3v) is 2.38. The van der Waals surface area contributed by atoms with Gasteiger partial charge >= 0.3 is 0 Å². The summed E-state index contributed by atoms with van der Waals surface area (Å²) in [5.74, 6) is -0.0319. The molecule has 2 aromatic carbocycles. The van der Waals surface area contributed by atoms with Gasteiger partial charge in [0.1, 0.15) is 29.6 Å². The standard InChI is InChI=1S/C13H12FNO2/c14-10-5-2-1-4-9(10)8-17-12-7-3-6-11(16)13(12)15/h1-7,16H,8,15H2. The fourth-order valence-corrected chi connectivity index (χ4v) is 1.43. The number of hydrogen-bond acceptors (Lipinski definition) is 3. The summed E-state index contributed by atoms with van der Waals surface area (Å²) < 4.78 is 18.7. The Morgan fingerprint density at radius 1 is 1.12 bits per heavy atom. The molecule has 0 amide bonds. The molecule has 0 bridgehead atoms. The largest absolute Gasteiger partial charge is 0.506 e. The zero-order chi connectivity index (χ0) is 12.3. The first kappa shape index (κ1) is 11.3. The third kappa shape index (κ3) is 2.47. The Hall–Kier alpha value is -2.23. The number of rotatable bonds is 3. The summed E-state index contributed by atoms with van der Waals surface area (Å²) in [5, 5.41) is 9.37. The molecule has 0 atom stereocenters. The number of halogens is 1. The molecule has 0 aliphatic rings. The minimum Gasteiger partial charge on any atom is -0.506 e. The number of anilines is 1. The van der Waals surface area contributed by atoms with E-state index in [1.165, 1.54) is 12.1 Å². The van der Waals surface area contributed by atoms with Gasteiger partial charge in [-0.05, 0) is 18.2 Å². The smallest absolute Gasteiger partial charge is 0.146 e. The van der Waals surface area contributed by atoms with Gasteiger partial charge in [-0.15, -0.1) is 0 Å². The Morgan fingerprint density at radius 2 is 1.88 bits per heavy atom. The molecule has 0 heterocycles. The molecule has 0 unspecified atom stereocenters. The van der Waals surface area contributed by atoms with E-state index in [1.54, 1.807) is 30.3 Å². The van der Waals surface area contributed by atoms with E-state index < -0.39 is 0 Å². The Bertz CT molecular complexity index is 529. The van der Waals surface area contributed by atoms with Crippen LogP contribution in [0.5, 0.6) is 11.5 Å². The van der Waals surface area contributed by atoms with Crippen LogP contribution >= 0.6 is 0 Å². The predicted octanol–water partition coefficient (Wildman–Crippen LogP) is 2.69. The first-order chi connectivity index (χ1) is 8.18. The van der Waals surface area contributed by atoms with Crippen LogP contribution in [-0.2, 0) is 6.61 Å². The molecule has 0 spiro atoms. The Morgan fingerprint density at radius 3 is 2.65 bits per heavy atom. The maximum Gasteiger partial charge on any atom is 0.146 e. The molecule has 3 N–H and O–H groups in total. The van der Waals surface area contributed by atoms with Gasteiger partial charge in [-0.25, -0.2) is 4.39 Å². The molecule has 17 heavy (non-hydrogen) atoms. The van der Waals surface area contributed by atoms with Crippen molar-refractivity contribution in [2.45, 2.75) is 6.61 Å². The number of ether oxygens (including phenoxy) is 1. The zero-order valence-electron chi connectivity index (χ0n) is 9.06. The molecule has 0 fully saturated rings. The van der Waals surface area contributed by atoms with Gasteiger partial charge in [-0.1, -0.05) is 24.3 Å². The topological polar surface area (TPSA) is 55.5 Å². The molecule has 3 nitrogen and oxygen atoms in total. The van der Waals surface area contributed by atoms with Gasteiger partial charge in [-0.3, -0.25) is 0 Å². The van der Waals surface area contributed by atoms with Crippen molar-refractivity contribution in [1.82, 2.24) is 0 Å². The van der Waals surface area contributed by atoms with Crippen molar-refractivity contribution < 1.29 is 14.2 Å². The number of hydrogen-bond donors (Lipinski definition) is 2. The Labute approximate surface area is 98.3 Å². The second kappa shape index (κ2) is 4.74. The lowest BCUT2D eigenvalue weighted by Gasteiger charge is -2.10. The van der Waals surface area contributed by atoms with Gasteiger partial charge in [-0.2, -0.15) is 0 Å². The van der Waals surface area contributed by atoms with Crippen LogP contribution in [0, 0.1) is 5.82 Å². The van der Waals surface area contributed by atoms with Crippen molar-refractivity contribution in [3.8, 4) is 11.5 Å². The highest BCUT2D eigenvalue weighted by Crippen LogP contribution is 2.30. The van der Waals surface area contributed by atoms with Crippen molar-refractivity contribution in [2.75, 3.05) is 5.73 Å². The van der Waals surface area contributed by atoms with E-state index in [2.05, 4.69) is 0 Å². The van der Waals surface area contributed by atoms with Crippen LogP contribution in [-0.4, -0.2) is 5.11 Å². The number of aromatic hydroxyl groups is 1. The summed E-state index contributed by atoms with van der Waals surface area (Å²) in [5.41, 5.74) is 6.21. The Balaban J connectivity index is 2.13. The van der Waals surface area contributed by atoms with Crippen molar-refractivity contribution in [3.63, 3.8) is 0 Å². The second-order valence-electron chi connectivity index (χ2n) is 3.57. The summed E-state index contributed by atoms with van der Waals surface area (Å²) in [6, 6.07) is 11.0. The molecular weight excluding hydrogens is 221 g/mol. The molecule has 0 aliphatic heterocycles. The minimum atomic E-state index is -0.328. The normalized spacial score (nSPS) is 10.2. The number of nitrogens with two attached hydrogens (primary N) is 1. The summed E-state index contributed by atoms with van der Waals surface area (Å²) in [6.45, 7) is 0.0698. The molecule has 0 aliphatic carbocycles. The Kier molecular flexibility index (Phi) is 3.14. The summed E-state index contributed by atoms with van der Waals surface area (Å²) in [6.07, 6.45) is 0. The molecule has 0 aromatic heterocycles. The van der Waals surface area contributed by atoms with Crippen LogP contribution in [0.3, 0.4) is 0 Å². The fraction of sp³-hybridized carbons (Fsp3) is 0.0769. The van der Waals surface area contributed by atoms with Crippen molar-refractivity contribution in [1.29, 1.82) is 0 Å². The van der Waals surface area contributed by atoms with E-state index in [1.807, 2.05) is 0 Å². The van der Waals surface area contributed by atoms with E-state index in [0.717, 1.165) is 0 Å². The van der Waals surface area contributed by atoms with Crippen LogP contribution in [0.25, 0.3) is 0 Å². The van der Waals surface area contributed by atoms with Gasteiger partial charge < -0.3 is 15.6 Å². The maximum absolute atomic E-state index is 13.3. The van der Waals surface area contributed by atoms with Gasteiger partial charge in [0, 0.05) is 5.56 Å². The molecule has 0 radical (unpaired) electrons. The van der Waals surface area contributed by atoms with Crippen LogP contribution in [0.2, 0.25) is 0 Å². The van der Waals surface area contributed by atoms with E-state index in [0.29, 0.717) is 11.3 Å². The van der Waals surface area contributed by atoms with E-state index in [9.17, 15) is 9.50 Å². The summed E-state index contributed by atoms with van der Waals surface area (Å²) in [4.78, 5) is 0. The molecular formula is C13H12FNO2. The highest BCUT2D eigenvalue weighted by atomic mass is 19.1. The van der Waals surface area contributed by atoms with E-state index >= 15 is 0 Å². The first-order valence-corrected chi connectivity index (χ1v) is 5.12. The molecule has 2 aromatic rings. The average Bonchev–Trinajstić information content (AvgIpc) is 2.33. The lowest BCUT2D eigenvalue weighted by molar-refractivity contribution is 0.300. The van der Waals surface area contributed by atoms with Gasteiger partial charge in [0.15, 0.2) is 0 Å². The molecule has 88 valence electrons. The van der Waals surface area contributed by atoms with Gasteiger partial charge in [0.25, 0.3) is 0 Å². The van der Waals surface area contributed by atoms with Crippen molar-refractivity contribution in [3.05, 3.63) is 53.8 Å². The highest BCUT2D eigenvalue weighted by Gasteiger charge is 2.06. The van der Waals surface area contributed by atoms with Gasteiger partial charge in [0.2, 0.25) is 0 Å². The molecule has 4 heteroatoms. The van der Waals surface area contributed by atoms with Crippen LogP contribution in [0.1, 0.15) is 5.56 Å². The number of phenols is 1. The van der Waals surface area contributed by atoms with Crippen molar-refractivity contribution >= 4 is 5.69 Å². The molecule has 0 saturated heterocycles. The van der Waals surface area contributed by atoms with Gasteiger partial charge in [0.05, 0.1) is 0 Å². The molecule has 2 rings (SSSR count). The van der Waals surface area contributed by atoms with Crippen molar-refractivity contribution in [2.24, 2.45) is 0 Å². The second-order valence-corrected chi connectivity index (χ2v) is 3.57. The zero-order valence-corrected chi connectivity index (χ0v) is 9.06. The monoisotopic (exact) mass is 233 g/mol.